The molecule has 1 amide bonds. The van der Waals surface area contributed by atoms with Crippen LogP contribution in [0.1, 0.15) is 44.9 Å². The molecule has 112 valence electrons. The lowest BCUT2D eigenvalue weighted by atomic mass is 9.87. The third-order valence-electron chi connectivity index (χ3n) is 4.29. The number of allylic oxidation sites excluding steroid dienone is 2. The van der Waals surface area contributed by atoms with E-state index >= 15 is 0 Å². The standard InChI is InChI=1S/C15H23NO4/c1-16(12-4-2-3-5-12)14(17)10-20-13-8-6-11(7-9-13)15(18)19/h4,11,13H,2-3,5-10H2,1H3,(H,18,19). The minimum Gasteiger partial charge on any atom is -0.481 e. The molecule has 2 aliphatic carbocycles. The van der Waals surface area contributed by atoms with E-state index in [0.717, 1.165) is 37.8 Å². The molecule has 0 aliphatic heterocycles. The van der Waals surface area contributed by atoms with E-state index < -0.39 is 5.97 Å². The third kappa shape index (κ3) is 3.82. The first-order valence-electron chi connectivity index (χ1n) is 7.38. The van der Waals surface area contributed by atoms with Gasteiger partial charge in [0.05, 0.1) is 12.0 Å². The van der Waals surface area contributed by atoms with Gasteiger partial charge in [0.2, 0.25) is 0 Å². The van der Waals surface area contributed by atoms with Crippen LogP contribution in [-0.4, -0.2) is 41.6 Å². The highest BCUT2D eigenvalue weighted by atomic mass is 16.5. The number of carboxylic acid groups (broad SMARTS) is 1. The Morgan fingerprint density at radius 2 is 2.05 bits per heavy atom. The van der Waals surface area contributed by atoms with Crippen LogP contribution in [0.15, 0.2) is 11.8 Å². The van der Waals surface area contributed by atoms with Crippen LogP contribution in [0.5, 0.6) is 0 Å². The lowest BCUT2D eigenvalue weighted by Crippen LogP contribution is -2.33. The molecule has 0 saturated heterocycles. The van der Waals surface area contributed by atoms with Crippen LogP contribution >= 0.6 is 0 Å². The summed E-state index contributed by atoms with van der Waals surface area (Å²) >= 11 is 0. The number of hydrogen-bond acceptors (Lipinski definition) is 3. The van der Waals surface area contributed by atoms with Gasteiger partial charge in [-0.1, -0.05) is 6.08 Å². The van der Waals surface area contributed by atoms with Gasteiger partial charge in [-0.25, -0.2) is 0 Å². The van der Waals surface area contributed by atoms with Gasteiger partial charge in [0.25, 0.3) is 5.91 Å². The predicted molar refractivity (Wildman–Crippen MR) is 74.0 cm³/mol. The van der Waals surface area contributed by atoms with E-state index in [4.69, 9.17) is 9.84 Å². The number of carbonyl (C=O) groups excluding carboxylic acids is 1. The molecule has 0 unspecified atom stereocenters. The number of nitrogens with zero attached hydrogens (tertiary/aromatic N) is 1. The van der Waals surface area contributed by atoms with Gasteiger partial charge in [0, 0.05) is 12.7 Å². The zero-order valence-electron chi connectivity index (χ0n) is 12.0. The Labute approximate surface area is 119 Å². The smallest absolute Gasteiger partial charge is 0.306 e. The third-order valence-corrected chi connectivity index (χ3v) is 4.29. The van der Waals surface area contributed by atoms with E-state index in [0.29, 0.717) is 12.8 Å². The predicted octanol–water partition coefficient (Wildman–Crippen LogP) is 2.17. The topological polar surface area (TPSA) is 66.8 Å². The van der Waals surface area contributed by atoms with Gasteiger partial charge in [-0.2, -0.15) is 0 Å². The number of ether oxygens (including phenoxy) is 1. The molecule has 0 aromatic heterocycles. The summed E-state index contributed by atoms with van der Waals surface area (Å²) in [6.07, 6.45) is 8.03. The Bertz CT molecular complexity index is 397. The molecule has 20 heavy (non-hydrogen) atoms. The molecule has 0 heterocycles. The van der Waals surface area contributed by atoms with Crippen molar-refractivity contribution in [2.75, 3.05) is 13.7 Å². The van der Waals surface area contributed by atoms with E-state index in [-0.39, 0.29) is 24.5 Å². The van der Waals surface area contributed by atoms with Crippen molar-refractivity contribution in [1.29, 1.82) is 0 Å². The van der Waals surface area contributed by atoms with Crippen LogP contribution in [0.25, 0.3) is 0 Å². The van der Waals surface area contributed by atoms with Crippen LogP contribution in [0.2, 0.25) is 0 Å². The fourth-order valence-electron chi connectivity index (χ4n) is 2.88. The molecule has 0 spiro atoms. The zero-order chi connectivity index (χ0) is 14.5. The van der Waals surface area contributed by atoms with Crippen molar-refractivity contribution in [1.82, 2.24) is 4.90 Å². The summed E-state index contributed by atoms with van der Waals surface area (Å²) in [5.74, 6) is -0.970. The molecule has 5 nitrogen and oxygen atoms in total. The maximum atomic E-state index is 12.0. The number of aliphatic carboxylic acids is 1. The summed E-state index contributed by atoms with van der Waals surface area (Å²) in [4.78, 5) is 24.6. The number of rotatable bonds is 5. The number of carboxylic acids is 1. The first-order valence-corrected chi connectivity index (χ1v) is 7.38. The second-order valence-corrected chi connectivity index (χ2v) is 5.66. The van der Waals surface area contributed by atoms with Gasteiger partial charge < -0.3 is 14.7 Å². The lowest BCUT2D eigenvalue weighted by Gasteiger charge is -2.27. The average molecular weight is 281 g/mol. The van der Waals surface area contributed by atoms with Crippen molar-refractivity contribution >= 4 is 11.9 Å². The second-order valence-electron chi connectivity index (χ2n) is 5.66. The minimum absolute atomic E-state index is 0.0153. The molecule has 0 aromatic rings. The number of likely N-dealkylation sites (N-methyl/N-ethyl adjacent to an activating group) is 1. The monoisotopic (exact) mass is 281 g/mol. The van der Waals surface area contributed by atoms with Crippen LogP contribution in [0.4, 0.5) is 0 Å². The Kier molecular flexibility index (Phi) is 5.17. The molecule has 1 fully saturated rings. The fraction of sp³-hybridized carbons (Fsp3) is 0.733. The number of carbonyl (C=O) groups is 2. The van der Waals surface area contributed by atoms with Gasteiger partial charge in [0.1, 0.15) is 6.61 Å². The van der Waals surface area contributed by atoms with E-state index in [9.17, 15) is 9.59 Å². The molecule has 2 aliphatic rings. The number of hydrogen-bond donors (Lipinski definition) is 1. The van der Waals surface area contributed by atoms with Gasteiger partial charge in [-0.05, 0) is 44.9 Å². The normalized spacial score (nSPS) is 26.1. The maximum Gasteiger partial charge on any atom is 0.306 e. The first-order chi connectivity index (χ1) is 9.58. The molecule has 5 heteroatoms. The molecule has 0 bridgehead atoms. The van der Waals surface area contributed by atoms with Crippen LogP contribution in [0, 0.1) is 5.92 Å². The summed E-state index contributed by atoms with van der Waals surface area (Å²) < 4.78 is 5.64. The minimum atomic E-state index is -0.715. The highest BCUT2D eigenvalue weighted by molar-refractivity contribution is 5.79. The molecule has 0 radical (unpaired) electrons. The summed E-state index contributed by atoms with van der Waals surface area (Å²) in [5, 5.41) is 8.93. The molecule has 2 rings (SSSR count). The van der Waals surface area contributed by atoms with E-state index in [1.54, 1.807) is 11.9 Å². The highest BCUT2D eigenvalue weighted by Gasteiger charge is 2.27. The molecule has 0 atom stereocenters. The van der Waals surface area contributed by atoms with Crippen molar-refractivity contribution in [3.8, 4) is 0 Å². The Morgan fingerprint density at radius 1 is 1.35 bits per heavy atom. The van der Waals surface area contributed by atoms with Crippen molar-refractivity contribution in [2.45, 2.75) is 51.0 Å². The van der Waals surface area contributed by atoms with Crippen molar-refractivity contribution < 1.29 is 19.4 Å². The molecule has 1 N–H and O–H groups in total. The Balaban J connectivity index is 1.70. The maximum absolute atomic E-state index is 12.0. The van der Waals surface area contributed by atoms with Crippen LogP contribution < -0.4 is 0 Å². The molecule has 1 saturated carbocycles. The highest BCUT2D eigenvalue weighted by Crippen LogP contribution is 2.26. The fourth-order valence-corrected chi connectivity index (χ4v) is 2.88. The van der Waals surface area contributed by atoms with Gasteiger partial charge in [-0.15, -0.1) is 0 Å². The van der Waals surface area contributed by atoms with Gasteiger partial charge >= 0.3 is 5.97 Å². The number of amides is 1. The summed E-state index contributed by atoms with van der Waals surface area (Å²) in [5.41, 5.74) is 1.09. The summed E-state index contributed by atoms with van der Waals surface area (Å²) in [6.45, 7) is 0.0935. The largest absolute Gasteiger partial charge is 0.481 e. The summed E-state index contributed by atoms with van der Waals surface area (Å²) in [7, 11) is 1.80. The van der Waals surface area contributed by atoms with Crippen molar-refractivity contribution in [3.63, 3.8) is 0 Å². The zero-order valence-corrected chi connectivity index (χ0v) is 12.0. The van der Waals surface area contributed by atoms with E-state index in [2.05, 4.69) is 6.08 Å². The summed E-state index contributed by atoms with van der Waals surface area (Å²) in [6, 6.07) is 0. The van der Waals surface area contributed by atoms with Gasteiger partial charge in [-0.3, -0.25) is 9.59 Å². The molecular formula is C15H23NO4. The van der Waals surface area contributed by atoms with Crippen molar-refractivity contribution in [3.05, 3.63) is 11.8 Å². The van der Waals surface area contributed by atoms with Crippen molar-refractivity contribution in [2.24, 2.45) is 5.92 Å². The SMILES string of the molecule is CN(C(=O)COC1CCC(C(=O)O)CC1)C1=CCCC1. The van der Waals surface area contributed by atoms with Gasteiger partial charge in [0.15, 0.2) is 0 Å². The molecular weight excluding hydrogens is 258 g/mol. The quantitative estimate of drug-likeness (QED) is 0.838. The Hall–Kier alpha value is -1.36. The average Bonchev–Trinajstić information content (AvgIpc) is 2.98. The molecule has 0 aromatic carbocycles. The first kappa shape index (κ1) is 15.0. The van der Waals surface area contributed by atoms with E-state index in [1.165, 1.54) is 0 Å². The van der Waals surface area contributed by atoms with Crippen LogP contribution in [-0.2, 0) is 14.3 Å². The second kappa shape index (κ2) is 6.88. The Morgan fingerprint density at radius 3 is 2.60 bits per heavy atom. The van der Waals surface area contributed by atoms with Crippen LogP contribution in [0.3, 0.4) is 0 Å². The van der Waals surface area contributed by atoms with E-state index in [1.807, 2.05) is 0 Å². The lowest BCUT2D eigenvalue weighted by molar-refractivity contribution is -0.145.